The molecule has 0 bridgehead atoms. The van der Waals surface area contributed by atoms with Crippen molar-refractivity contribution in [2.24, 2.45) is 11.1 Å². The summed E-state index contributed by atoms with van der Waals surface area (Å²) in [6.45, 7) is 4.32. The summed E-state index contributed by atoms with van der Waals surface area (Å²) in [6, 6.07) is -1.55. The molecule has 0 aliphatic heterocycles. The van der Waals surface area contributed by atoms with Gasteiger partial charge < -0.3 is 21.5 Å². The van der Waals surface area contributed by atoms with Crippen LogP contribution >= 0.6 is 0 Å². The second-order valence-corrected chi connectivity index (χ2v) is 6.47. The zero-order chi connectivity index (χ0) is 16.0. The van der Waals surface area contributed by atoms with E-state index in [1.165, 1.54) is 0 Å². The third-order valence-electron chi connectivity index (χ3n) is 3.82. The molecule has 1 unspecified atom stereocenters. The zero-order valence-electron chi connectivity index (χ0n) is 12.6. The first-order valence-corrected chi connectivity index (χ1v) is 7.28. The number of amides is 3. The van der Waals surface area contributed by atoms with Crippen LogP contribution in [-0.4, -0.2) is 35.1 Å². The number of urea groups is 1. The highest BCUT2D eigenvalue weighted by molar-refractivity contribution is 5.83. The summed E-state index contributed by atoms with van der Waals surface area (Å²) >= 11 is 0. The average molecular weight is 299 g/mol. The van der Waals surface area contributed by atoms with Gasteiger partial charge in [0, 0.05) is 12.5 Å². The van der Waals surface area contributed by atoms with Crippen LogP contribution in [0.4, 0.5) is 4.79 Å². The van der Waals surface area contributed by atoms with E-state index in [1.54, 1.807) is 0 Å². The maximum atomic E-state index is 11.9. The summed E-state index contributed by atoms with van der Waals surface area (Å²) in [5, 5.41) is 14.2. The Morgan fingerprint density at radius 1 is 1.38 bits per heavy atom. The molecule has 0 heterocycles. The molecular weight excluding hydrogens is 274 g/mol. The van der Waals surface area contributed by atoms with Crippen LogP contribution in [0.3, 0.4) is 0 Å². The van der Waals surface area contributed by atoms with Crippen molar-refractivity contribution < 1.29 is 19.5 Å². The van der Waals surface area contributed by atoms with E-state index in [0.717, 1.165) is 25.7 Å². The summed E-state index contributed by atoms with van der Waals surface area (Å²) in [6.07, 6.45) is 3.86. The Labute approximate surface area is 124 Å². The highest BCUT2D eigenvalue weighted by Crippen LogP contribution is 2.34. The van der Waals surface area contributed by atoms with Gasteiger partial charge in [-0.2, -0.15) is 0 Å². The van der Waals surface area contributed by atoms with Gasteiger partial charge in [0.2, 0.25) is 5.91 Å². The molecular formula is C14H25N3O4. The standard InChI is InChI=1S/C14H25N3O4/c1-14(2)7-3-4-9(8-14)16-13(21)17-10(12(19)20)5-6-11(15)18/h9-10H,3-8H2,1-2H3,(H2,15,18)(H,19,20)(H2,16,17,21)/t9?,10-/m1/s1. The van der Waals surface area contributed by atoms with E-state index in [4.69, 9.17) is 10.8 Å². The van der Waals surface area contributed by atoms with E-state index in [-0.39, 0.29) is 24.3 Å². The predicted octanol–water partition coefficient (Wildman–Crippen LogP) is 0.973. The third-order valence-corrected chi connectivity index (χ3v) is 3.82. The van der Waals surface area contributed by atoms with Crippen molar-refractivity contribution in [1.82, 2.24) is 10.6 Å². The highest BCUT2D eigenvalue weighted by Gasteiger charge is 2.29. The topological polar surface area (TPSA) is 122 Å². The molecule has 0 aromatic rings. The number of carboxylic acid groups (broad SMARTS) is 1. The molecule has 0 saturated heterocycles. The molecule has 3 amide bonds. The summed E-state index contributed by atoms with van der Waals surface area (Å²) in [5.74, 6) is -1.76. The van der Waals surface area contributed by atoms with E-state index < -0.39 is 23.9 Å². The van der Waals surface area contributed by atoms with Gasteiger partial charge >= 0.3 is 12.0 Å². The quantitative estimate of drug-likeness (QED) is 0.584. The molecule has 0 aromatic carbocycles. The number of carbonyl (C=O) groups excluding carboxylic acids is 2. The van der Waals surface area contributed by atoms with Crippen LogP contribution in [0.1, 0.15) is 52.4 Å². The average Bonchev–Trinajstić information content (AvgIpc) is 2.32. The highest BCUT2D eigenvalue weighted by atomic mass is 16.4. The maximum absolute atomic E-state index is 11.9. The van der Waals surface area contributed by atoms with Crippen molar-refractivity contribution in [3.05, 3.63) is 0 Å². The summed E-state index contributed by atoms with van der Waals surface area (Å²) < 4.78 is 0. The number of hydrogen-bond acceptors (Lipinski definition) is 3. The van der Waals surface area contributed by atoms with Crippen molar-refractivity contribution in [3.8, 4) is 0 Å². The molecule has 1 rings (SSSR count). The molecule has 1 aliphatic rings. The zero-order valence-corrected chi connectivity index (χ0v) is 12.6. The number of carboxylic acids is 1. The molecule has 120 valence electrons. The van der Waals surface area contributed by atoms with Gasteiger partial charge in [-0.3, -0.25) is 4.79 Å². The summed E-state index contributed by atoms with van der Waals surface area (Å²) in [7, 11) is 0. The number of rotatable bonds is 6. The van der Waals surface area contributed by atoms with Gasteiger partial charge in [-0.25, -0.2) is 9.59 Å². The lowest BCUT2D eigenvalue weighted by molar-refractivity contribution is -0.139. The fourth-order valence-electron chi connectivity index (χ4n) is 2.75. The van der Waals surface area contributed by atoms with Crippen molar-refractivity contribution >= 4 is 17.9 Å². The lowest BCUT2D eigenvalue weighted by Crippen LogP contribution is -2.50. The fraction of sp³-hybridized carbons (Fsp3) is 0.786. The van der Waals surface area contributed by atoms with Gasteiger partial charge in [0.1, 0.15) is 6.04 Å². The molecule has 7 heteroatoms. The second kappa shape index (κ2) is 7.28. The normalized spacial score (nSPS) is 22.1. The SMILES string of the molecule is CC1(C)CCCC(NC(=O)N[C@H](CCC(N)=O)C(=O)O)C1. The number of nitrogens with two attached hydrogens (primary N) is 1. The van der Waals surface area contributed by atoms with E-state index in [9.17, 15) is 14.4 Å². The molecule has 5 N–H and O–H groups in total. The molecule has 0 radical (unpaired) electrons. The Bertz CT molecular complexity index is 409. The molecule has 1 aliphatic carbocycles. The predicted molar refractivity (Wildman–Crippen MR) is 77.6 cm³/mol. The summed E-state index contributed by atoms with van der Waals surface area (Å²) in [5.41, 5.74) is 5.18. The monoisotopic (exact) mass is 299 g/mol. The van der Waals surface area contributed by atoms with E-state index >= 15 is 0 Å². The Morgan fingerprint density at radius 2 is 2.05 bits per heavy atom. The van der Waals surface area contributed by atoms with Crippen LogP contribution < -0.4 is 16.4 Å². The second-order valence-electron chi connectivity index (χ2n) is 6.47. The Balaban J connectivity index is 2.46. The van der Waals surface area contributed by atoms with Crippen molar-refractivity contribution in [2.75, 3.05) is 0 Å². The van der Waals surface area contributed by atoms with Crippen molar-refractivity contribution in [2.45, 2.75) is 64.5 Å². The summed E-state index contributed by atoms with van der Waals surface area (Å²) in [4.78, 5) is 33.6. The van der Waals surface area contributed by atoms with Crippen LogP contribution in [0.2, 0.25) is 0 Å². The van der Waals surface area contributed by atoms with Crippen LogP contribution in [0.25, 0.3) is 0 Å². The van der Waals surface area contributed by atoms with Crippen LogP contribution in [-0.2, 0) is 9.59 Å². The molecule has 0 spiro atoms. The first-order valence-electron chi connectivity index (χ1n) is 7.28. The minimum Gasteiger partial charge on any atom is -0.480 e. The number of hydrogen-bond donors (Lipinski definition) is 4. The van der Waals surface area contributed by atoms with Gasteiger partial charge in [0.05, 0.1) is 0 Å². The Hall–Kier alpha value is -1.79. The van der Waals surface area contributed by atoms with E-state index in [1.807, 2.05) is 0 Å². The molecule has 7 nitrogen and oxygen atoms in total. The minimum atomic E-state index is -1.17. The third kappa shape index (κ3) is 6.46. The smallest absolute Gasteiger partial charge is 0.326 e. The molecule has 1 fully saturated rings. The number of primary amides is 1. The number of carbonyl (C=O) groups is 3. The van der Waals surface area contributed by atoms with Gasteiger partial charge in [-0.15, -0.1) is 0 Å². The largest absolute Gasteiger partial charge is 0.480 e. The number of nitrogens with one attached hydrogen (secondary N) is 2. The lowest BCUT2D eigenvalue weighted by Gasteiger charge is -2.35. The number of aliphatic carboxylic acids is 1. The maximum Gasteiger partial charge on any atom is 0.326 e. The molecule has 1 saturated carbocycles. The Kier molecular flexibility index (Phi) is 5.99. The fourth-order valence-corrected chi connectivity index (χ4v) is 2.75. The molecule has 21 heavy (non-hydrogen) atoms. The van der Waals surface area contributed by atoms with Crippen molar-refractivity contribution in [3.63, 3.8) is 0 Å². The first-order chi connectivity index (χ1) is 9.69. The molecule has 0 aromatic heterocycles. The molecule has 2 atom stereocenters. The van der Waals surface area contributed by atoms with Crippen LogP contribution in [0.15, 0.2) is 0 Å². The van der Waals surface area contributed by atoms with E-state index in [0.29, 0.717) is 0 Å². The minimum absolute atomic E-state index is 0.00571. The van der Waals surface area contributed by atoms with E-state index in [2.05, 4.69) is 24.5 Å². The first kappa shape index (κ1) is 17.3. The van der Waals surface area contributed by atoms with Gasteiger partial charge in [-0.1, -0.05) is 20.3 Å². The van der Waals surface area contributed by atoms with Crippen LogP contribution in [0.5, 0.6) is 0 Å². The van der Waals surface area contributed by atoms with Gasteiger partial charge in [0.15, 0.2) is 0 Å². The van der Waals surface area contributed by atoms with Crippen LogP contribution in [0, 0.1) is 5.41 Å². The van der Waals surface area contributed by atoms with Gasteiger partial charge in [0.25, 0.3) is 0 Å². The lowest BCUT2D eigenvalue weighted by atomic mass is 9.75. The van der Waals surface area contributed by atoms with Crippen molar-refractivity contribution in [1.29, 1.82) is 0 Å². The Morgan fingerprint density at radius 3 is 2.57 bits per heavy atom. The van der Waals surface area contributed by atoms with Gasteiger partial charge in [-0.05, 0) is 31.1 Å².